The maximum absolute atomic E-state index is 12.8. The third-order valence-corrected chi connectivity index (χ3v) is 7.48. The molecule has 0 heterocycles. The quantitative estimate of drug-likeness (QED) is 0.405. The molecule has 3 aromatic carbocycles. The van der Waals surface area contributed by atoms with Gasteiger partial charge in [0, 0.05) is 11.6 Å². The van der Waals surface area contributed by atoms with Crippen LogP contribution < -0.4 is 15.4 Å². The lowest BCUT2D eigenvalue weighted by atomic mass is 10.1. The van der Waals surface area contributed by atoms with Crippen LogP contribution in [0.2, 0.25) is 5.02 Å². The number of halogens is 1. The molecule has 0 aliphatic rings. The van der Waals surface area contributed by atoms with Crippen LogP contribution in [0, 0.1) is 11.3 Å². The number of nitrogens with one attached hydrogen (secondary N) is 2. The Balaban J connectivity index is 1.75. The van der Waals surface area contributed by atoms with Crippen LogP contribution in [0.25, 0.3) is 0 Å². The van der Waals surface area contributed by atoms with Crippen molar-refractivity contribution in [1.82, 2.24) is 0 Å². The molecule has 1 unspecified atom stereocenters. The van der Waals surface area contributed by atoms with E-state index < -0.39 is 32.7 Å². The minimum atomic E-state index is -4.02. The summed E-state index contributed by atoms with van der Waals surface area (Å²) in [6, 6.07) is 15.7. The van der Waals surface area contributed by atoms with Crippen molar-refractivity contribution < 1.29 is 27.9 Å². The second kappa shape index (κ2) is 10.5. The Morgan fingerprint density at radius 1 is 1.03 bits per heavy atom. The summed E-state index contributed by atoms with van der Waals surface area (Å²) in [7, 11) is -2.57. The van der Waals surface area contributed by atoms with Gasteiger partial charge in [0.05, 0.1) is 40.0 Å². The molecule has 0 radical (unpaired) electrons. The van der Waals surface area contributed by atoms with Crippen molar-refractivity contribution in [3.05, 3.63) is 76.8 Å². The Labute approximate surface area is 206 Å². The molecule has 3 rings (SSSR count). The predicted molar refractivity (Wildman–Crippen MR) is 130 cm³/mol. The van der Waals surface area contributed by atoms with Crippen LogP contribution in [-0.2, 0) is 14.6 Å². The number of rotatable bonds is 7. The number of anilines is 2. The molecule has 1 atom stereocenters. The maximum atomic E-state index is 12.8. The fourth-order valence-corrected chi connectivity index (χ4v) is 4.47. The van der Waals surface area contributed by atoms with E-state index in [1.54, 1.807) is 0 Å². The normalized spacial score (nSPS) is 11.7. The molecule has 11 heteroatoms. The lowest BCUT2D eigenvalue weighted by Gasteiger charge is -2.16. The minimum absolute atomic E-state index is 0.0266. The number of benzene rings is 3. The third kappa shape index (κ3) is 5.71. The molecule has 0 saturated carbocycles. The molecule has 35 heavy (non-hydrogen) atoms. The molecule has 9 nitrogen and oxygen atoms in total. The van der Waals surface area contributed by atoms with Gasteiger partial charge in [0.25, 0.3) is 5.91 Å². The average Bonchev–Trinajstić information content (AvgIpc) is 2.86. The zero-order chi connectivity index (χ0) is 25.8. The van der Waals surface area contributed by atoms with E-state index in [0.29, 0.717) is 11.3 Å². The van der Waals surface area contributed by atoms with E-state index in [0.717, 1.165) is 6.07 Å². The SMILES string of the molecule is COc1ccc(S(=O)(=O)C(C)C(=O)Nc2cc(O)c(NC(=O)c3ccc(C#N)cc3)cc2Cl)cc1. The number of carbonyl (C=O) groups is 2. The van der Waals surface area contributed by atoms with Gasteiger partial charge in [-0.05, 0) is 61.5 Å². The summed E-state index contributed by atoms with van der Waals surface area (Å²) in [6.45, 7) is 1.23. The molecule has 3 aromatic rings. The summed E-state index contributed by atoms with van der Waals surface area (Å²) in [5.74, 6) is -1.36. The van der Waals surface area contributed by atoms with Gasteiger partial charge in [-0.15, -0.1) is 0 Å². The lowest BCUT2D eigenvalue weighted by Crippen LogP contribution is -2.32. The molecule has 0 aliphatic heterocycles. The monoisotopic (exact) mass is 513 g/mol. The van der Waals surface area contributed by atoms with Gasteiger partial charge in [-0.25, -0.2) is 8.42 Å². The Morgan fingerprint density at radius 2 is 1.66 bits per heavy atom. The van der Waals surface area contributed by atoms with Crippen LogP contribution in [0.1, 0.15) is 22.8 Å². The van der Waals surface area contributed by atoms with Gasteiger partial charge in [-0.2, -0.15) is 5.26 Å². The largest absolute Gasteiger partial charge is 0.506 e. The summed E-state index contributed by atoms with van der Waals surface area (Å²) < 4.78 is 30.6. The van der Waals surface area contributed by atoms with Crippen LogP contribution >= 0.6 is 11.6 Å². The highest BCUT2D eigenvalue weighted by atomic mass is 35.5. The highest BCUT2D eigenvalue weighted by molar-refractivity contribution is 7.92. The number of phenolic OH excluding ortho intramolecular Hbond substituents is 1. The first kappa shape index (κ1) is 25.6. The van der Waals surface area contributed by atoms with Crippen LogP contribution in [0.4, 0.5) is 11.4 Å². The van der Waals surface area contributed by atoms with Gasteiger partial charge in [-0.3, -0.25) is 9.59 Å². The maximum Gasteiger partial charge on any atom is 0.255 e. The molecule has 0 saturated heterocycles. The van der Waals surface area contributed by atoms with Gasteiger partial charge in [0.1, 0.15) is 16.7 Å². The van der Waals surface area contributed by atoms with E-state index in [4.69, 9.17) is 21.6 Å². The summed E-state index contributed by atoms with van der Waals surface area (Å²) in [4.78, 5) is 25.0. The average molecular weight is 514 g/mol. The summed E-state index contributed by atoms with van der Waals surface area (Å²) in [5.41, 5.74) is 0.564. The molecule has 3 N–H and O–H groups in total. The van der Waals surface area contributed by atoms with Crippen molar-refractivity contribution in [2.45, 2.75) is 17.1 Å². The van der Waals surface area contributed by atoms with E-state index in [1.807, 2.05) is 6.07 Å². The first-order valence-electron chi connectivity index (χ1n) is 10.1. The van der Waals surface area contributed by atoms with E-state index in [1.165, 1.54) is 68.6 Å². The highest BCUT2D eigenvalue weighted by Crippen LogP contribution is 2.34. The topological polar surface area (TPSA) is 146 Å². The zero-order valence-electron chi connectivity index (χ0n) is 18.6. The summed E-state index contributed by atoms with van der Waals surface area (Å²) in [5, 5.41) is 22.6. The van der Waals surface area contributed by atoms with E-state index in [2.05, 4.69) is 10.6 Å². The number of hydrogen-bond acceptors (Lipinski definition) is 7. The Bertz CT molecular complexity index is 1420. The van der Waals surface area contributed by atoms with E-state index >= 15 is 0 Å². The number of methoxy groups -OCH3 is 1. The number of ether oxygens (including phenoxy) is 1. The molecule has 0 fully saturated rings. The molecule has 0 aliphatic carbocycles. The number of phenols is 1. The van der Waals surface area contributed by atoms with Crippen molar-refractivity contribution in [3.8, 4) is 17.6 Å². The first-order chi connectivity index (χ1) is 16.6. The van der Waals surface area contributed by atoms with Gasteiger partial charge < -0.3 is 20.5 Å². The Hall–Kier alpha value is -4.07. The first-order valence-corrected chi connectivity index (χ1v) is 12.0. The van der Waals surface area contributed by atoms with Crippen LogP contribution in [-0.4, -0.2) is 37.7 Å². The smallest absolute Gasteiger partial charge is 0.255 e. The standard InChI is InChI=1S/C24H20ClN3O6S/c1-14(35(32,33)18-9-7-17(34-2)8-10-18)23(30)27-20-12-22(29)21(11-19(20)25)28-24(31)16-5-3-15(13-26)4-6-16/h3-12,14,29H,1-2H3,(H,27,30)(H,28,31). The zero-order valence-corrected chi connectivity index (χ0v) is 20.1. The highest BCUT2D eigenvalue weighted by Gasteiger charge is 2.30. The predicted octanol–water partition coefficient (Wildman–Crippen LogP) is 3.98. The van der Waals surface area contributed by atoms with Gasteiger partial charge in [-0.1, -0.05) is 11.6 Å². The number of hydrogen-bond donors (Lipinski definition) is 3. The number of carbonyl (C=O) groups excluding carboxylic acids is 2. The molecule has 2 amide bonds. The van der Waals surface area contributed by atoms with E-state index in [-0.39, 0.29) is 26.9 Å². The second-order valence-corrected chi connectivity index (χ2v) is 10.0. The Kier molecular flexibility index (Phi) is 7.64. The van der Waals surface area contributed by atoms with Crippen molar-refractivity contribution in [1.29, 1.82) is 5.26 Å². The number of amides is 2. The van der Waals surface area contributed by atoms with Crippen molar-refractivity contribution >= 4 is 44.6 Å². The van der Waals surface area contributed by atoms with Crippen molar-refractivity contribution in [2.24, 2.45) is 0 Å². The van der Waals surface area contributed by atoms with Crippen molar-refractivity contribution in [2.75, 3.05) is 17.7 Å². The fraction of sp³-hybridized carbons (Fsp3) is 0.125. The van der Waals surface area contributed by atoms with Gasteiger partial charge >= 0.3 is 0 Å². The second-order valence-electron chi connectivity index (χ2n) is 7.34. The lowest BCUT2D eigenvalue weighted by molar-refractivity contribution is -0.115. The van der Waals surface area contributed by atoms with Gasteiger partial charge in [0.2, 0.25) is 5.91 Å². The number of aromatic hydroxyl groups is 1. The number of nitrogens with zero attached hydrogens (tertiary/aromatic N) is 1. The van der Waals surface area contributed by atoms with Crippen LogP contribution in [0.5, 0.6) is 11.5 Å². The molecule has 0 aromatic heterocycles. The summed E-state index contributed by atoms with van der Waals surface area (Å²) >= 11 is 6.21. The minimum Gasteiger partial charge on any atom is -0.506 e. The molecule has 0 bridgehead atoms. The number of sulfone groups is 1. The Morgan fingerprint density at radius 3 is 2.23 bits per heavy atom. The van der Waals surface area contributed by atoms with Crippen molar-refractivity contribution in [3.63, 3.8) is 0 Å². The molecular formula is C24H20ClN3O6S. The molecule has 0 spiro atoms. The fourth-order valence-electron chi connectivity index (χ4n) is 2.99. The third-order valence-electron chi connectivity index (χ3n) is 5.09. The van der Waals surface area contributed by atoms with E-state index in [9.17, 15) is 23.1 Å². The summed E-state index contributed by atoms with van der Waals surface area (Å²) in [6.07, 6.45) is 0. The number of nitriles is 1. The molecular weight excluding hydrogens is 494 g/mol. The van der Waals surface area contributed by atoms with Crippen LogP contribution in [0.15, 0.2) is 65.6 Å². The molecule has 180 valence electrons. The van der Waals surface area contributed by atoms with Crippen LogP contribution in [0.3, 0.4) is 0 Å². The van der Waals surface area contributed by atoms with Gasteiger partial charge in [0.15, 0.2) is 9.84 Å².